The molecule has 0 aliphatic rings. The molecule has 0 saturated heterocycles. The lowest BCUT2D eigenvalue weighted by Crippen LogP contribution is -2.07. The number of aliphatic hydroxyl groups excluding tert-OH is 1. The standard InChI is InChI=1S/C6H12O2/c1-3-6(8)4-5(2)7/h5,7H,3-4H2,1-2H3. The summed E-state index contributed by atoms with van der Waals surface area (Å²) in [4.78, 5) is 10.5. The van der Waals surface area contributed by atoms with E-state index in [1.807, 2.05) is 0 Å². The van der Waals surface area contributed by atoms with Crippen molar-refractivity contribution >= 4 is 5.78 Å². The number of hydrogen-bond donors (Lipinski definition) is 1. The topological polar surface area (TPSA) is 37.3 Å². The Morgan fingerprint density at radius 1 is 1.75 bits per heavy atom. The molecule has 2 heteroatoms. The highest BCUT2D eigenvalue weighted by molar-refractivity contribution is 5.78. The number of hydrogen-bond acceptors (Lipinski definition) is 2. The molecule has 0 aliphatic heterocycles. The Morgan fingerprint density at radius 2 is 2.25 bits per heavy atom. The molecule has 0 aliphatic carbocycles. The van der Waals surface area contributed by atoms with Crippen LogP contribution < -0.4 is 0 Å². The summed E-state index contributed by atoms with van der Waals surface area (Å²) >= 11 is 0. The van der Waals surface area contributed by atoms with Crippen LogP contribution in [0.5, 0.6) is 0 Å². The average Bonchev–Trinajstić information content (AvgIpc) is 1.65. The van der Waals surface area contributed by atoms with Gasteiger partial charge >= 0.3 is 0 Å². The number of ketones is 1. The summed E-state index contributed by atoms with van der Waals surface area (Å²) in [6.45, 7) is 3.41. The Kier molecular flexibility index (Phi) is 3.44. The predicted molar refractivity (Wildman–Crippen MR) is 31.6 cm³/mol. The fourth-order valence-corrected chi connectivity index (χ4v) is 0.474. The molecule has 1 unspecified atom stereocenters. The zero-order chi connectivity index (χ0) is 6.57. The van der Waals surface area contributed by atoms with Gasteiger partial charge in [0, 0.05) is 12.8 Å². The summed E-state index contributed by atoms with van der Waals surface area (Å²) in [6.07, 6.45) is 0.365. The number of carbonyl (C=O) groups is 1. The van der Waals surface area contributed by atoms with Crippen LogP contribution in [-0.2, 0) is 4.79 Å². The van der Waals surface area contributed by atoms with Crippen molar-refractivity contribution in [2.24, 2.45) is 0 Å². The van der Waals surface area contributed by atoms with Gasteiger partial charge in [-0.05, 0) is 6.92 Å². The lowest BCUT2D eigenvalue weighted by atomic mass is 10.2. The van der Waals surface area contributed by atoms with Gasteiger partial charge in [-0.25, -0.2) is 0 Å². The van der Waals surface area contributed by atoms with Crippen molar-refractivity contribution in [2.45, 2.75) is 32.8 Å². The van der Waals surface area contributed by atoms with E-state index in [0.29, 0.717) is 12.8 Å². The van der Waals surface area contributed by atoms with Gasteiger partial charge in [-0.2, -0.15) is 0 Å². The maximum atomic E-state index is 10.5. The summed E-state index contributed by atoms with van der Waals surface area (Å²) in [5.74, 6) is 0.125. The number of carbonyl (C=O) groups excluding carboxylic acids is 1. The largest absolute Gasteiger partial charge is 0.393 e. The lowest BCUT2D eigenvalue weighted by Gasteiger charge is -1.98. The van der Waals surface area contributed by atoms with Crippen LogP contribution in [0.25, 0.3) is 0 Å². The van der Waals surface area contributed by atoms with E-state index in [0.717, 1.165) is 0 Å². The molecule has 0 aromatic heterocycles. The molecule has 0 radical (unpaired) electrons. The minimum atomic E-state index is -0.470. The summed E-state index contributed by atoms with van der Waals surface area (Å²) in [7, 11) is 0. The van der Waals surface area contributed by atoms with Gasteiger partial charge in [-0.15, -0.1) is 0 Å². The van der Waals surface area contributed by atoms with Gasteiger partial charge in [0.25, 0.3) is 0 Å². The van der Waals surface area contributed by atoms with Crippen molar-refractivity contribution in [1.29, 1.82) is 0 Å². The van der Waals surface area contributed by atoms with Crippen LogP contribution in [0.1, 0.15) is 26.7 Å². The van der Waals surface area contributed by atoms with E-state index in [4.69, 9.17) is 5.11 Å². The Morgan fingerprint density at radius 3 is 2.38 bits per heavy atom. The van der Waals surface area contributed by atoms with Crippen LogP contribution >= 0.6 is 0 Å². The third-order valence-electron chi connectivity index (χ3n) is 0.917. The second-order valence-corrected chi connectivity index (χ2v) is 1.95. The number of rotatable bonds is 3. The molecule has 0 aromatic rings. The Labute approximate surface area is 49.5 Å². The van der Waals surface area contributed by atoms with Crippen molar-refractivity contribution in [3.05, 3.63) is 0 Å². The normalized spacial score (nSPS) is 13.4. The molecule has 1 atom stereocenters. The molecular weight excluding hydrogens is 104 g/mol. The minimum absolute atomic E-state index is 0.125. The molecule has 0 rings (SSSR count). The zero-order valence-corrected chi connectivity index (χ0v) is 5.35. The summed E-state index contributed by atoms with van der Waals surface area (Å²) in [5.41, 5.74) is 0. The third-order valence-corrected chi connectivity index (χ3v) is 0.917. The molecule has 0 bridgehead atoms. The van der Waals surface area contributed by atoms with Crippen molar-refractivity contribution in [2.75, 3.05) is 0 Å². The van der Waals surface area contributed by atoms with E-state index in [2.05, 4.69) is 0 Å². The molecule has 8 heavy (non-hydrogen) atoms. The maximum Gasteiger partial charge on any atom is 0.135 e. The summed E-state index contributed by atoms with van der Waals surface area (Å²) in [5, 5.41) is 8.63. The zero-order valence-electron chi connectivity index (χ0n) is 5.35. The summed E-state index contributed by atoms with van der Waals surface area (Å²) < 4.78 is 0. The van der Waals surface area contributed by atoms with Crippen LogP contribution in [0.3, 0.4) is 0 Å². The van der Waals surface area contributed by atoms with Crippen molar-refractivity contribution < 1.29 is 9.90 Å². The van der Waals surface area contributed by atoms with Gasteiger partial charge in [-0.3, -0.25) is 4.79 Å². The smallest absolute Gasteiger partial charge is 0.135 e. The second-order valence-electron chi connectivity index (χ2n) is 1.95. The molecule has 0 heterocycles. The van der Waals surface area contributed by atoms with Gasteiger partial charge in [0.1, 0.15) is 5.78 Å². The molecule has 0 spiro atoms. The molecule has 2 nitrogen and oxygen atoms in total. The highest BCUT2D eigenvalue weighted by atomic mass is 16.3. The second kappa shape index (κ2) is 3.61. The van der Waals surface area contributed by atoms with Gasteiger partial charge in [0.15, 0.2) is 0 Å². The first-order valence-electron chi connectivity index (χ1n) is 2.86. The molecule has 1 N–H and O–H groups in total. The van der Waals surface area contributed by atoms with E-state index in [9.17, 15) is 4.79 Å². The van der Waals surface area contributed by atoms with Crippen LogP contribution in [0.2, 0.25) is 0 Å². The Hall–Kier alpha value is -0.370. The van der Waals surface area contributed by atoms with E-state index < -0.39 is 6.10 Å². The first kappa shape index (κ1) is 7.63. The quantitative estimate of drug-likeness (QED) is 0.590. The van der Waals surface area contributed by atoms with Gasteiger partial charge < -0.3 is 5.11 Å². The molecule has 0 aromatic carbocycles. The van der Waals surface area contributed by atoms with Crippen LogP contribution in [0.15, 0.2) is 0 Å². The minimum Gasteiger partial charge on any atom is -0.393 e. The highest BCUT2D eigenvalue weighted by Gasteiger charge is 2.01. The number of Topliss-reactive ketones (excluding diaryl/α,β-unsaturated/α-hetero) is 1. The first-order valence-corrected chi connectivity index (χ1v) is 2.86. The lowest BCUT2D eigenvalue weighted by molar-refractivity contribution is -0.120. The Bertz CT molecular complexity index is 76.6. The molecule has 0 amide bonds. The molecule has 48 valence electrons. The van der Waals surface area contributed by atoms with E-state index in [1.54, 1.807) is 13.8 Å². The molecule has 0 saturated carbocycles. The highest BCUT2D eigenvalue weighted by Crippen LogP contribution is 1.93. The van der Waals surface area contributed by atoms with Crippen LogP contribution in [-0.4, -0.2) is 17.0 Å². The Balaban J connectivity index is 3.25. The summed E-state index contributed by atoms with van der Waals surface area (Å²) in [6, 6.07) is 0. The van der Waals surface area contributed by atoms with Crippen LogP contribution in [0, 0.1) is 0 Å². The fourth-order valence-electron chi connectivity index (χ4n) is 0.474. The van der Waals surface area contributed by atoms with E-state index in [1.165, 1.54) is 0 Å². The van der Waals surface area contributed by atoms with Gasteiger partial charge in [-0.1, -0.05) is 6.92 Å². The molecular formula is C6H12O2. The molecule has 0 fully saturated rings. The van der Waals surface area contributed by atoms with Gasteiger partial charge in [0.2, 0.25) is 0 Å². The monoisotopic (exact) mass is 116 g/mol. The third kappa shape index (κ3) is 3.81. The van der Waals surface area contributed by atoms with Crippen molar-refractivity contribution in [3.8, 4) is 0 Å². The SMILES string of the molecule is CCC(=O)CC(C)O. The van der Waals surface area contributed by atoms with Crippen molar-refractivity contribution in [3.63, 3.8) is 0 Å². The maximum absolute atomic E-state index is 10.5. The van der Waals surface area contributed by atoms with E-state index in [-0.39, 0.29) is 5.78 Å². The average molecular weight is 116 g/mol. The van der Waals surface area contributed by atoms with E-state index >= 15 is 0 Å². The van der Waals surface area contributed by atoms with Crippen LogP contribution in [0.4, 0.5) is 0 Å². The first-order chi connectivity index (χ1) is 3.66. The van der Waals surface area contributed by atoms with Gasteiger partial charge in [0.05, 0.1) is 6.10 Å². The fraction of sp³-hybridized carbons (Fsp3) is 0.833. The predicted octanol–water partition coefficient (Wildman–Crippen LogP) is 0.736. The van der Waals surface area contributed by atoms with Crippen molar-refractivity contribution in [1.82, 2.24) is 0 Å². The number of aliphatic hydroxyl groups is 1.